The summed E-state index contributed by atoms with van der Waals surface area (Å²) in [6, 6.07) is 9.05. The first-order chi connectivity index (χ1) is 22.8. The maximum Gasteiger partial charge on any atom is 0.0737 e. The summed E-state index contributed by atoms with van der Waals surface area (Å²) in [5.41, 5.74) is 2.79. The number of hydrogen-bond acceptors (Lipinski definition) is 10. The highest BCUT2D eigenvalue weighted by molar-refractivity contribution is 7.11. The highest BCUT2D eigenvalue weighted by atomic mass is 32.1. The van der Waals surface area contributed by atoms with E-state index in [0.29, 0.717) is 60.7 Å². The van der Waals surface area contributed by atoms with E-state index in [1.54, 1.807) is 0 Å². The van der Waals surface area contributed by atoms with E-state index in [1.807, 2.05) is 22.7 Å². The van der Waals surface area contributed by atoms with Crippen LogP contribution in [0.1, 0.15) is 112 Å². The lowest BCUT2D eigenvalue weighted by molar-refractivity contribution is 0.152. The third kappa shape index (κ3) is 7.47. The van der Waals surface area contributed by atoms with E-state index in [-0.39, 0.29) is 0 Å². The number of rotatable bonds is 7. The number of hydrogen-bond donors (Lipinski definition) is 8. The van der Waals surface area contributed by atoms with Crippen molar-refractivity contribution in [2.75, 3.05) is 26.2 Å². The van der Waals surface area contributed by atoms with Gasteiger partial charge in [0.15, 0.2) is 0 Å². The van der Waals surface area contributed by atoms with Gasteiger partial charge in [-0.15, -0.1) is 22.7 Å². The molecular weight excluding hydrogens is 609 g/mol. The summed E-state index contributed by atoms with van der Waals surface area (Å²) in [6.45, 7) is 4.62. The van der Waals surface area contributed by atoms with Crippen LogP contribution in [0.15, 0.2) is 22.9 Å². The average molecular weight is 667 g/mol. The largest absolute Gasteiger partial charge is 0.312 e. The molecule has 6 aliphatic heterocycles. The normalized spacial score (nSPS) is 39.7. The molecule has 0 amide bonds. The first kappa shape index (κ1) is 32.3. The molecule has 2 aromatic heterocycles. The third-order valence-electron chi connectivity index (χ3n) is 12.0. The third-order valence-corrected chi connectivity index (χ3v) is 14.1. The highest BCUT2D eigenvalue weighted by Gasteiger charge is 2.39. The fourth-order valence-corrected chi connectivity index (χ4v) is 11.3. The molecule has 8 heterocycles. The van der Waals surface area contributed by atoms with Crippen LogP contribution in [0.3, 0.4) is 0 Å². The van der Waals surface area contributed by atoms with E-state index in [4.69, 9.17) is 0 Å². The second-order valence-electron chi connectivity index (χ2n) is 15.1. The van der Waals surface area contributed by atoms with Crippen molar-refractivity contribution in [2.45, 2.75) is 151 Å². The van der Waals surface area contributed by atoms with E-state index < -0.39 is 0 Å². The SMILES string of the molecule is c1sc(C2CC(C3CCCCN3)NC(C3CCCCN3)N2)cc1-c1csc(C2CC(C3CCCCN3)NC(C3CCCCN3)N2)c1. The molecule has 6 saturated heterocycles. The minimum absolute atomic E-state index is 0.329. The van der Waals surface area contributed by atoms with Crippen LogP contribution in [-0.4, -0.2) is 74.8 Å². The Morgan fingerprint density at radius 2 is 0.826 bits per heavy atom. The standard InChI is InChI=1S/C36H58N8S2/c1-5-13-37-25(9-1)29-19-31(43-35(41-29)27-11-3-7-15-39-27)33-17-23(21-45-33)24-18-34(46-22-24)32-20-30(26-10-2-6-14-38-26)42-36(44-32)28-12-4-8-16-40-28/h17-18,21-22,25-32,35-44H,1-16,19-20H2. The van der Waals surface area contributed by atoms with Crippen LogP contribution in [0.5, 0.6) is 0 Å². The summed E-state index contributed by atoms with van der Waals surface area (Å²) in [7, 11) is 0. The van der Waals surface area contributed by atoms with Gasteiger partial charge in [0.05, 0.1) is 12.3 Å². The predicted octanol–water partition coefficient (Wildman–Crippen LogP) is 4.68. The molecule has 10 unspecified atom stereocenters. The highest BCUT2D eigenvalue weighted by Crippen LogP contribution is 2.38. The number of piperidine rings is 4. The van der Waals surface area contributed by atoms with E-state index in [2.05, 4.69) is 65.4 Å². The van der Waals surface area contributed by atoms with Gasteiger partial charge < -0.3 is 21.3 Å². The summed E-state index contributed by atoms with van der Waals surface area (Å²) in [4.78, 5) is 3.00. The van der Waals surface area contributed by atoms with Gasteiger partial charge >= 0.3 is 0 Å². The molecule has 6 aliphatic rings. The molecule has 10 atom stereocenters. The Balaban J connectivity index is 0.983. The number of thiophene rings is 2. The first-order valence-corrected chi connectivity index (χ1v) is 20.7. The Labute approximate surface area is 284 Å². The summed E-state index contributed by atoms with van der Waals surface area (Å²) in [5.74, 6) is 0. The fraction of sp³-hybridized carbons (Fsp3) is 0.778. The predicted molar refractivity (Wildman–Crippen MR) is 193 cm³/mol. The molecule has 0 bridgehead atoms. The molecule has 254 valence electrons. The lowest BCUT2D eigenvalue weighted by Gasteiger charge is -2.45. The van der Waals surface area contributed by atoms with Crippen LogP contribution >= 0.6 is 22.7 Å². The van der Waals surface area contributed by atoms with Gasteiger partial charge in [-0.1, -0.05) is 25.7 Å². The molecule has 0 aromatic carbocycles. The monoisotopic (exact) mass is 666 g/mol. The molecule has 6 fully saturated rings. The van der Waals surface area contributed by atoms with Gasteiger partial charge in [-0.05, 0) is 124 Å². The maximum absolute atomic E-state index is 4.09. The molecule has 46 heavy (non-hydrogen) atoms. The molecule has 0 saturated carbocycles. The van der Waals surface area contributed by atoms with Crippen molar-refractivity contribution in [1.29, 1.82) is 0 Å². The molecule has 10 heteroatoms. The second-order valence-corrected chi connectivity index (χ2v) is 17.0. The molecule has 0 aliphatic carbocycles. The van der Waals surface area contributed by atoms with Crippen molar-refractivity contribution in [3.63, 3.8) is 0 Å². The molecule has 8 N–H and O–H groups in total. The first-order valence-electron chi connectivity index (χ1n) is 18.9. The fourth-order valence-electron chi connectivity index (χ4n) is 9.34. The van der Waals surface area contributed by atoms with Crippen LogP contribution in [0.4, 0.5) is 0 Å². The summed E-state index contributed by atoms with van der Waals surface area (Å²) in [5, 5.41) is 36.6. The Morgan fingerprint density at radius 3 is 1.20 bits per heavy atom. The van der Waals surface area contributed by atoms with Gasteiger partial charge in [0.25, 0.3) is 0 Å². The van der Waals surface area contributed by atoms with Gasteiger partial charge in [-0.2, -0.15) is 0 Å². The Kier molecular flexibility index (Phi) is 10.8. The van der Waals surface area contributed by atoms with Crippen LogP contribution < -0.4 is 42.5 Å². The van der Waals surface area contributed by atoms with Crippen LogP contribution in [0.25, 0.3) is 11.1 Å². The smallest absolute Gasteiger partial charge is 0.0737 e. The van der Waals surface area contributed by atoms with Gasteiger partial charge in [0, 0.05) is 58.1 Å². The minimum atomic E-state index is 0.329. The molecule has 2 aromatic rings. The van der Waals surface area contributed by atoms with Gasteiger partial charge in [0.2, 0.25) is 0 Å². The van der Waals surface area contributed by atoms with Gasteiger partial charge in [-0.25, -0.2) is 0 Å². The van der Waals surface area contributed by atoms with Crippen molar-refractivity contribution in [3.05, 3.63) is 32.6 Å². The van der Waals surface area contributed by atoms with Crippen LogP contribution in [0.2, 0.25) is 0 Å². The topological polar surface area (TPSA) is 96.2 Å². The Bertz CT molecular complexity index is 1080. The van der Waals surface area contributed by atoms with E-state index in [0.717, 1.165) is 25.9 Å². The molecular formula is C36H58N8S2. The van der Waals surface area contributed by atoms with E-state index in [9.17, 15) is 0 Å². The Hall–Kier alpha value is -0.920. The molecule has 8 rings (SSSR count). The van der Waals surface area contributed by atoms with Crippen molar-refractivity contribution in [1.82, 2.24) is 42.5 Å². The van der Waals surface area contributed by atoms with Crippen molar-refractivity contribution in [3.8, 4) is 11.1 Å². The second kappa shape index (κ2) is 15.3. The lowest BCUT2D eigenvalue weighted by atomic mass is 9.88. The maximum atomic E-state index is 4.09. The summed E-state index contributed by atoms with van der Waals surface area (Å²) in [6.07, 6.45) is 18.7. The van der Waals surface area contributed by atoms with Crippen molar-refractivity contribution >= 4 is 22.7 Å². The van der Waals surface area contributed by atoms with Crippen LogP contribution in [0, 0.1) is 0 Å². The molecule has 0 spiro atoms. The zero-order chi connectivity index (χ0) is 30.7. The molecule has 0 radical (unpaired) electrons. The van der Waals surface area contributed by atoms with Gasteiger partial charge in [0.1, 0.15) is 0 Å². The zero-order valence-corrected chi connectivity index (χ0v) is 29.3. The minimum Gasteiger partial charge on any atom is -0.312 e. The molecule has 8 nitrogen and oxygen atoms in total. The zero-order valence-electron chi connectivity index (χ0n) is 27.6. The van der Waals surface area contributed by atoms with Crippen molar-refractivity contribution in [2.24, 2.45) is 0 Å². The van der Waals surface area contributed by atoms with Gasteiger partial charge in [-0.3, -0.25) is 21.3 Å². The van der Waals surface area contributed by atoms with Crippen molar-refractivity contribution < 1.29 is 0 Å². The van der Waals surface area contributed by atoms with E-state index >= 15 is 0 Å². The average Bonchev–Trinajstić information content (AvgIpc) is 3.84. The Morgan fingerprint density at radius 1 is 0.435 bits per heavy atom. The lowest BCUT2D eigenvalue weighted by Crippen LogP contribution is -2.67. The number of nitrogens with one attached hydrogen (secondary N) is 8. The van der Waals surface area contributed by atoms with Crippen LogP contribution in [-0.2, 0) is 0 Å². The summed E-state index contributed by atoms with van der Waals surface area (Å²) < 4.78 is 0. The van der Waals surface area contributed by atoms with E-state index in [1.165, 1.54) is 111 Å². The quantitative estimate of drug-likeness (QED) is 0.216. The summed E-state index contributed by atoms with van der Waals surface area (Å²) >= 11 is 3.93.